The van der Waals surface area contributed by atoms with E-state index in [9.17, 15) is 13.2 Å². The number of halogens is 2. The zero-order chi connectivity index (χ0) is 15.3. The van der Waals surface area contributed by atoms with E-state index >= 15 is 0 Å². The second kappa shape index (κ2) is 8.40. The van der Waals surface area contributed by atoms with Gasteiger partial charge in [0.15, 0.2) is 6.61 Å². The Morgan fingerprint density at radius 2 is 2.10 bits per heavy atom. The Labute approximate surface area is 134 Å². The van der Waals surface area contributed by atoms with Crippen molar-refractivity contribution in [1.29, 1.82) is 0 Å². The maximum Gasteiger partial charge on any atom is 0.255 e. The number of carbonyl (C=O) groups excluding carboxylic acids is 1. The van der Waals surface area contributed by atoms with E-state index in [4.69, 9.17) is 27.8 Å². The van der Waals surface area contributed by atoms with Gasteiger partial charge >= 0.3 is 0 Å². The molecule has 1 aromatic rings. The maximum absolute atomic E-state index is 12.2. The van der Waals surface area contributed by atoms with Gasteiger partial charge in [-0.1, -0.05) is 11.6 Å². The number of nitrogens with one attached hydrogen (secondary N) is 1. The van der Waals surface area contributed by atoms with E-state index in [1.54, 1.807) is 6.92 Å². The molecule has 0 unspecified atom stereocenters. The molecule has 0 heterocycles. The molecule has 0 aromatic heterocycles. The molecule has 10 heteroatoms. The number of benzene rings is 1. The highest BCUT2D eigenvalue weighted by Gasteiger charge is 2.22. The Hall–Kier alpha value is -1.06. The minimum Gasteiger partial charge on any atom is -0.482 e. The molecule has 1 aromatic carbocycles. The third-order valence-corrected chi connectivity index (χ3v) is 4.12. The smallest absolute Gasteiger partial charge is 0.255 e. The van der Waals surface area contributed by atoms with E-state index in [0.29, 0.717) is 0 Å². The molecule has 1 atom stereocenters. The molecular formula is C11H17Cl2N3O4S. The fraction of sp³-hybridized carbons (Fsp3) is 0.364. The summed E-state index contributed by atoms with van der Waals surface area (Å²) < 4.78 is 31.8. The molecule has 0 bridgehead atoms. The minimum atomic E-state index is -3.86. The number of carbonyl (C=O) groups is 1. The molecule has 7 nitrogen and oxygen atoms in total. The third-order valence-electron chi connectivity index (χ3n) is 2.28. The number of hydrogen-bond acceptors (Lipinski definition) is 5. The highest BCUT2D eigenvalue weighted by molar-refractivity contribution is 7.89. The Balaban J connectivity index is 0.00000400. The summed E-state index contributed by atoms with van der Waals surface area (Å²) in [6, 6.07) is 3.57. The SMILES string of the molecule is C[C@@H](CN)NS(=O)(=O)c1cc(Cl)ccc1OCC(N)=O.Cl. The van der Waals surface area contributed by atoms with Crippen LogP contribution in [0.25, 0.3) is 0 Å². The van der Waals surface area contributed by atoms with Crippen LogP contribution in [0.1, 0.15) is 6.92 Å². The van der Waals surface area contributed by atoms with Crippen LogP contribution in [-0.4, -0.2) is 33.5 Å². The molecule has 1 rings (SSSR count). The lowest BCUT2D eigenvalue weighted by Crippen LogP contribution is -2.38. The van der Waals surface area contributed by atoms with Crippen LogP contribution in [0.2, 0.25) is 5.02 Å². The van der Waals surface area contributed by atoms with Gasteiger partial charge in [-0.15, -0.1) is 12.4 Å². The van der Waals surface area contributed by atoms with Crippen molar-refractivity contribution >= 4 is 39.9 Å². The van der Waals surface area contributed by atoms with E-state index < -0.39 is 28.6 Å². The summed E-state index contributed by atoms with van der Waals surface area (Å²) >= 11 is 5.79. The molecule has 0 saturated heterocycles. The van der Waals surface area contributed by atoms with Crippen LogP contribution in [0.3, 0.4) is 0 Å². The zero-order valence-electron chi connectivity index (χ0n) is 11.2. The van der Waals surface area contributed by atoms with Gasteiger partial charge in [-0.05, 0) is 25.1 Å². The molecule has 0 radical (unpaired) electrons. The summed E-state index contributed by atoms with van der Waals surface area (Å²) in [5.41, 5.74) is 10.3. The number of ether oxygens (including phenoxy) is 1. The van der Waals surface area contributed by atoms with E-state index in [1.807, 2.05) is 0 Å². The van der Waals surface area contributed by atoms with Crippen molar-refractivity contribution in [2.75, 3.05) is 13.2 Å². The normalized spacial score (nSPS) is 12.3. The number of primary amides is 1. The number of nitrogens with two attached hydrogens (primary N) is 2. The standard InChI is InChI=1S/C11H16ClN3O4S.ClH/c1-7(5-13)15-20(17,18)10-4-8(12)2-3-9(10)19-6-11(14)16;/h2-4,7,15H,5-6,13H2,1H3,(H2,14,16);1H/t7-;/m0./s1. The molecule has 21 heavy (non-hydrogen) atoms. The fourth-order valence-corrected chi connectivity index (χ4v) is 3.00. The molecule has 0 aliphatic carbocycles. The molecule has 0 aliphatic rings. The summed E-state index contributed by atoms with van der Waals surface area (Å²) in [4.78, 5) is 10.5. The Bertz CT molecular complexity index is 595. The van der Waals surface area contributed by atoms with Crippen molar-refractivity contribution in [1.82, 2.24) is 4.72 Å². The average Bonchev–Trinajstić information content (AvgIpc) is 2.36. The Morgan fingerprint density at radius 3 is 2.62 bits per heavy atom. The number of rotatable bonds is 7. The van der Waals surface area contributed by atoms with Crippen LogP contribution < -0.4 is 20.9 Å². The highest BCUT2D eigenvalue weighted by atomic mass is 35.5. The molecule has 1 amide bonds. The van der Waals surface area contributed by atoms with Crippen molar-refractivity contribution < 1.29 is 17.9 Å². The van der Waals surface area contributed by atoms with Gasteiger partial charge in [-0.25, -0.2) is 13.1 Å². The summed E-state index contributed by atoms with van der Waals surface area (Å²) in [5, 5.41) is 0.220. The van der Waals surface area contributed by atoms with Crippen LogP contribution in [0.4, 0.5) is 0 Å². The Kier molecular flexibility index (Phi) is 7.98. The third kappa shape index (κ3) is 6.06. The van der Waals surface area contributed by atoms with Crippen LogP contribution >= 0.6 is 24.0 Å². The van der Waals surface area contributed by atoms with Gasteiger partial charge in [-0.2, -0.15) is 0 Å². The van der Waals surface area contributed by atoms with Crippen LogP contribution in [-0.2, 0) is 14.8 Å². The second-order valence-electron chi connectivity index (χ2n) is 4.10. The van der Waals surface area contributed by atoms with Gasteiger partial charge in [0.25, 0.3) is 5.91 Å². The molecule has 120 valence electrons. The van der Waals surface area contributed by atoms with Crippen LogP contribution in [0.5, 0.6) is 5.75 Å². The van der Waals surface area contributed by atoms with Crippen LogP contribution in [0, 0.1) is 0 Å². The summed E-state index contributed by atoms with van der Waals surface area (Å²) in [6.45, 7) is 1.32. The molecule has 0 saturated carbocycles. The van der Waals surface area contributed by atoms with Gasteiger partial charge in [0.2, 0.25) is 10.0 Å². The molecule has 0 aliphatic heterocycles. The second-order valence-corrected chi connectivity index (χ2v) is 6.22. The minimum absolute atomic E-state index is 0. The van der Waals surface area contributed by atoms with Crippen molar-refractivity contribution in [3.8, 4) is 5.75 Å². The largest absolute Gasteiger partial charge is 0.482 e. The fourth-order valence-electron chi connectivity index (χ4n) is 1.34. The molecule has 5 N–H and O–H groups in total. The monoisotopic (exact) mass is 357 g/mol. The first-order valence-electron chi connectivity index (χ1n) is 5.69. The number of sulfonamides is 1. The van der Waals surface area contributed by atoms with Gasteiger partial charge in [0.1, 0.15) is 10.6 Å². The van der Waals surface area contributed by atoms with E-state index in [1.165, 1.54) is 18.2 Å². The van der Waals surface area contributed by atoms with Crippen molar-refractivity contribution in [2.24, 2.45) is 11.5 Å². The predicted octanol–water partition coefficient (Wildman–Crippen LogP) is 0.251. The van der Waals surface area contributed by atoms with Gasteiger partial charge in [0, 0.05) is 17.6 Å². The predicted molar refractivity (Wildman–Crippen MR) is 82.2 cm³/mol. The van der Waals surface area contributed by atoms with Crippen molar-refractivity contribution in [2.45, 2.75) is 17.9 Å². The van der Waals surface area contributed by atoms with Gasteiger partial charge in [0.05, 0.1) is 0 Å². The first kappa shape index (κ1) is 19.9. The maximum atomic E-state index is 12.2. The number of hydrogen-bond donors (Lipinski definition) is 3. The number of amides is 1. The van der Waals surface area contributed by atoms with Gasteiger partial charge < -0.3 is 16.2 Å². The molecule has 0 spiro atoms. The van der Waals surface area contributed by atoms with E-state index in [-0.39, 0.29) is 34.6 Å². The average molecular weight is 358 g/mol. The first-order chi connectivity index (χ1) is 9.26. The van der Waals surface area contributed by atoms with Crippen molar-refractivity contribution in [3.63, 3.8) is 0 Å². The highest BCUT2D eigenvalue weighted by Crippen LogP contribution is 2.27. The van der Waals surface area contributed by atoms with Gasteiger partial charge in [-0.3, -0.25) is 4.79 Å². The Morgan fingerprint density at radius 1 is 1.48 bits per heavy atom. The lowest BCUT2D eigenvalue weighted by Gasteiger charge is -2.15. The van der Waals surface area contributed by atoms with Crippen molar-refractivity contribution in [3.05, 3.63) is 23.2 Å². The molecular weight excluding hydrogens is 341 g/mol. The van der Waals surface area contributed by atoms with Crippen LogP contribution in [0.15, 0.2) is 23.1 Å². The lowest BCUT2D eigenvalue weighted by molar-refractivity contribution is -0.120. The molecule has 0 fully saturated rings. The zero-order valence-corrected chi connectivity index (χ0v) is 13.6. The van der Waals surface area contributed by atoms with E-state index in [0.717, 1.165) is 0 Å². The summed E-state index contributed by atoms with van der Waals surface area (Å²) in [5.74, 6) is -0.725. The summed E-state index contributed by atoms with van der Waals surface area (Å²) in [7, 11) is -3.86. The topological polar surface area (TPSA) is 125 Å². The first-order valence-corrected chi connectivity index (χ1v) is 7.55. The quantitative estimate of drug-likeness (QED) is 0.645. The van der Waals surface area contributed by atoms with E-state index in [2.05, 4.69) is 4.72 Å². The lowest BCUT2D eigenvalue weighted by atomic mass is 10.3. The summed E-state index contributed by atoms with van der Waals surface area (Å²) in [6.07, 6.45) is 0.